The molecule has 29 heavy (non-hydrogen) atoms. The number of hydrazine groups is 1. The van der Waals surface area contributed by atoms with Gasteiger partial charge in [0, 0.05) is 35.3 Å². The quantitative estimate of drug-likeness (QED) is 0.598. The summed E-state index contributed by atoms with van der Waals surface area (Å²) in [5, 5.41) is 0.913. The first-order valence-electron chi connectivity index (χ1n) is 9.98. The summed E-state index contributed by atoms with van der Waals surface area (Å²) in [6.45, 7) is 8.07. The number of nitrogens with zero attached hydrogens (tertiary/aromatic N) is 1. The molecule has 2 amide bonds. The van der Waals surface area contributed by atoms with Crippen molar-refractivity contribution in [3.05, 3.63) is 65.4 Å². The monoisotopic (exact) mass is 393 g/mol. The normalized spacial score (nSPS) is 10.7. The number of furan rings is 1. The minimum absolute atomic E-state index is 0.125. The Hall–Kier alpha value is -3.28. The fourth-order valence-corrected chi connectivity index (χ4v) is 3.31. The lowest BCUT2D eigenvalue weighted by atomic mass is 10.1. The summed E-state index contributed by atoms with van der Waals surface area (Å²) in [5.74, 6) is -0.658. The molecule has 1 heterocycles. The van der Waals surface area contributed by atoms with Crippen LogP contribution in [0.1, 0.15) is 42.3 Å². The van der Waals surface area contributed by atoms with Gasteiger partial charge in [0.1, 0.15) is 5.58 Å². The van der Waals surface area contributed by atoms with Crippen molar-refractivity contribution in [3.8, 4) is 0 Å². The van der Waals surface area contributed by atoms with E-state index in [0.29, 0.717) is 5.56 Å². The summed E-state index contributed by atoms with van der Waals surface area (Å²) in [6, 6.07) is 13.3. The molecule has 0 radical (unpaired) electrons. The SMILES string of the molecule is CCc1ccc2c(CC(=O)NNC(=O)c3ccc(N(CC)CC)cc3)coc2c1. The molecule has 0 spiro atoms. The van der Waals surface area contributed by atoms with Crippen LogP contribution in [-0.4, -0.2) is 24.9 Å². The van der Waals surface area contributed by atoms with E-state index >= 15 is 0 Å². The zero-order valence-electron chi connectivity index (χ0n) is 17.1. The van der Waals surface area contributed by atoms with E-state index in [1.54, 1.807) is 18.4 Å². The third-order valence-corrected chi connectivity index (χ3v) is 5.05. The number of benzene rings is 2. The minimum Gasteiger partial charge on any atom is -0.464 e. The highest BCUT2D eigenvalue weighted by Crippen LogP contribution is 2.23. The lowest BCUT2D eigenvalue weighted by Gasteiger charge is -2.21. The molecule has 2 N–H and O–H groups in total. The van der Waals surface area contributed by atoms with E-state index in [0.717, 1.165) is 41.7 Å². The maximum absolute atomic E-state index is 12.3. The Morgan fingerprint density at radius 1 is 0.966 bits per heavy atom. The second-order valence-corrected chi connectivity index (χ2v) is 6.84. The number of anilines is 1. The average Bonchev–Trinajstić information content (AvgIpc) is 3.15. The van der Waals surface area contributed by atoms with E-state index in [-0.39, 0.29) is 18.2 Å². The Bertz CT molecular complexity index is 988. The molecule has 0 aliphatic heterocycles. The standard InChI is InChI=1S/C23H27N3O3/c1-4-16-7-12-20-18(15-29-21(20)13-16)14-22(27)24-25-23(28)17-8-10-19(11-9-17)26(5-2)6-3/h7-13,15H,4-6,14H2,1-3H3,(H,24,27)(H,25,28). The van der Waals surface area contributed by atoms with Crippen molar-refractivity contribution in [2.75, 3.05) is 18.0 Å². The van der Waals surface area contributed by atoms with Gasteiger partial charge < -0.3 is 9.32 Å². The van der Waals surface area contributed by atoms with Gasteiger partial charge in [0.2, 0.25) is 5.91 Å². The van der Waals surface area contributed by atoms with Crippen LogP contribution in [0.4, 0.5) is 5.69 Å². The van der Waals surface area contributed by atoms with E-state index in [2.05, 4.69) is 36.5 Å². The molecule has 2 aromatic carbocycles. The number of amides is 2. The summed E-state index contributed by atoms with van der Waals surface area (Å²) in [4.78, 5) is 26.8. The first-order chi connectivity index (χ1) is 14.0. The maximum atomic E-state index is 12.3. The van der Waals surface area contributed by atoms with Gasteiger partial charge in [-0.1, -0.05) is 19.1 Å². The topological polar surface area (TPSA) is 74.6 Å². The molecule has 0 atom stereocenters. The van der Waals surface area contributed by atoms with E-state index in [1.807, 2.05) is 30.3 Å². The van der Waals surface area contributed by atoms with Gasteiger partial charge in [-0.05, 0) is 56.2 Å². The zero-order chi connectivity index (χ0) is 20.8. The van der Waals surface area contributed by atoms with Crippen molar-refractivity contribution >= 4 is 28.5 Å². The summed E-state index contributed by atoms with van der Waals surface area (Å²) in [6.07, 6.45) is 2.64. The highest BCUT2D eigenvalue weighted by molar-refractivity contribution is 5.96. The zero-order valence-corrected chi connectivity index (χ0v) is 17.1. The van der Waals surface area contributed by atoms with Crippen molar-refractivity contribution in [1.29, 1.82) is 0 Å². The molecule has 1 aromatic heterocycles. The molecule has 0 unspecified atom stereocenters. The Balaban J connectivity index is 1.57. The van der Waals surface area contributed by atoms with Gasteiger partial charge in [-0.25, -0.2) is 0 Å². The Kier molecular flexibility index (Phi) is 6.54. The van der Waals surface area contributed by atoms with Crippen LogP contribution in [0.25, 0.3) is 11.0 Å². The number of carbonyl (C=O) groups is 2. The molecule has 152 valence electrons. The second kappa shape index (κ2) is 9.28. The Labute approximate surface area is 170 Å². The van der Waals surface area contributed by atoms with Gasteiger partial charge in [0.15, 0.2) is 0 Å². The highest BCUT2D eigenvalue weighted by Gasteiger charge is 2.13. The van der Waals surface area contributed by atoms with Crippen LogP contribution >= 0.6 is 0 Å². The molecule has 0 fully saturated rings. The molecule has 3 aromatic rings. The van der Waals surface area contributed by atoms with Crippen LogP contribution in [0.5, 0.6) is 0 Å². The number of hydrogen-bond acceptors (Lipinski definition) is 4. The van der Waals surface area contributed by atoms with Gasteiger partial charge in [-0.15, -0.1) is 0 Å². The second-order valence-electron chi connectivity index (χ2n) is 6.84. The fourth-order valence-electron chi connectivity index (χ4n) is 3.31. The van der Waals surface area contributed by atoms with Crippen LogP contribution in [-0.2, 0) is 17.6 Å². The van der Waals surface area contributed by atoms with Crippen LogP contribution < -0.4 is 15.8 Å². The molecular weight excluding hydrogens is 366 g/mol. The third-order valence-electron chi connectivity index (χ3n) is 5.05. The number of rotatable bonds is 7. The summed E-state index contributed by atoms with van der Waals surface area (Å²) in [5.41, 5.74) is 9.24. The molecule has 0 bridgehead atoms. The summed E-state index contributed by atoms with van der Waals surface area (Å²) >= 11 is 0. The third kappa shape index (κ3) is 4.77. The number of fused-ring (bicyclic) bond motifs is 1. The van der Waals surface area contributed by atoms with Gasteiger partial charge in [0.25, 0.3) is 5.91 Å². The van der Waals surface area contributed by atoms with E-state index in [4.69, 9.17) is 4.42 Å². The van der Waals surface area contributed by atoms with Gasteiger partial charge in [-0.2, -0.15) is 0 Å². The molecule has 0 aliphatic carbocycles. The number of hydrogen-bond donors (Lipinski definition) is 2. The highest BCUT2D eigenvalue weighted by atomic mass is 16.3. The molecule has 3 rings (SSSR count). The van der Waals surface area contributed by atoms with Crippen LogP contribution in [0.3, 0.4) is 0 Å². The molecule has 6 heteroatoms. The number of carbonyl (C=O) groups excluding carboxylic acids is 2. The van der Waals surface area contributed by atoms with Crippen LogP contribution in [0.2, 0.25) is 0 Å². The Morgan fingerprint density at radius 3 is 2.34 bits per heavy atom. The van der Waals surface area contributed by atoms with E-state index in [9.17, 15) is 9.59 Å². The fraction of sp³-hybridized carbons (Fsp3) is 0.304. The number of nitrogens with one attached hydrogen (secondary N) is 2. The smallest absolute Gasteiger partial charge is 0.269 e. The minimum atomic E-state index is -0.353. The van der Waals surface area contributed by atoms with Crippen molar-refractivity contribution < 1.29 is 14.0 Å². The summed E-state index contributed by atoms with van der Waals surface area (Å²) < 4.78 is 5.56. The predicted molar refractivity (Wildman–Crippen MR) is 115 cm³/mol. The number of aryl methyl sites for hydroxylation is 1. The average molecular weight is 393 g/mol. The molecular formula is C23H27N3O3. The van der Waals surface area contributed by atoms with Crippen LogP contribution in [0.15, 0.2) is 53.1 Å². The first kappa shape index (κ1) is 20.5. The van der Waals surface area contributed by atoms with Gasteiger partial charge in [0.05, 0.1) is 12.7 Å². The van der Waals surface area contributed by atoms with Gasteiger partial charge in [-0.3, -0.25) is 20.4 Å². The lowest BCUT2D eigenvalue weighted by Crippen LogP contribution is -2.42. The van der Waals surface area contributed by atoms with Crippen LogP contribution in [0, 0.1) is 0 Å². The first-order valence-corrected chi connectivity index (χ1v) is 9.98. The molecule has 0 saturated heterocycles. The largest absolute Gasteiger partial charge is 0.464 e. The lowest BCUT2D eigenvalue weighted by molar-refractivity contribution is -0.121. The van der Waals surface area contributed by atoms with Gasteiger partial charge >= 0.3 is 0 Å². The van der Waals surface area contributed by atoms with E-state index < -0.39 is 0 Å². The van der Waals surface area contributed by atoms with Crippen molar-refractivity contribution in [1.82, 2.24) is 10.9 Å². The summed E-state index contributed by atoms with van der Waals surface area (Å²) in [7, 11) is 0. The molecule has 0 saturated carbocycles. The van der Waals surface area contributed by atoms with E-state index in [1.165, 1.54) is 5.56 Å². The molecule has 6 nitrogen and oxygen atoms in total. The van der Waals surface area contributed by atoms with Crippen molar-refractivity contribution in [2.45, 2.75) is 33.6 Å². The maximum Gasteiger partial charge on any atom is 0.269 e. The van der Waals surface area contributed by atoms with Crippen molar-refractivity contribution in [2.24, 2.45) is 0 Å². The van der Waals surface area contributed by atoms with Crippen molar-refractivity contribution in [3.63, 3.8) is 0 Å². The Morgan fingerprint density at radius 2 is 1.69 bits per heavy atom. The molecule has 0 aliphatic rings. The predicted octanol–water partition coefficient (Wildman–Crippen LogP) is 3.85.